The van der Waals surface area contributed by atoms with E-state index in [1.807, 2.05) is 19.9 Å². The fourth-order valence-corrected chi connectivity index (χ4v) is 2.38. The number of rotatable bonds is 5. The number of pyridine rings is 1. The summed E-state index contributed by atoms with van der Waals surface area (Å²) < 4.78 is 0. The molecule has 0 radical (unpaired) electrons. The Balaban J connectivity index is 1.96. The van der Waals surface area contributed by atoms with E-state index in [9.17, 15) is 4.79 Å². The van der Waals surface area contributed by atoms with Gasteiger partial charge in [0.05, 0.1) is 5.56 Å². The highest BCUT2D eigenvalue weighted by molar-refractivity contribution is 5.76. The van der Waals surface area contributed by atoms with Crippen LogP contribution in [0.4, 0.5) is 5.82 Å². The number of nitrogens with one attached hydrogen (secondary N) is 2. The van der Waals surface area contributed by atoms with Crippen LogP contribution in [0.1, 0.15) is 43.5 Å². The lowest BCUT2D eigenvalue weighted by molar-refractivity contribution is -0.121. The Morgan fingerprint density at radius 2 is 2.30 bits per heavy atom. The Kier molecular flexibility index (Phi) is 4.57. The zero-order valence-corrected chi connectivity index (χ0v) is 12.0. The number of aryl methyl sites for hydroxylation is 2. The lowest BCUT2D eigenvalue weighted by Gasteiger charge is -2.11. The molecule has 0 bridgehead atoms. The Hall–Kier alpha value is -2.09. The molecule has 0 saturated carbocycles. The average molecular weight is 272 g/mol. The van der Waals surface area contributed by atoms with Crippen LogP contribution in [0.2, 0.25) is 0 Å². The first-order valence-electron chi connectivity index (χ1n) is 7.06. The van der Waals surface area contributed by atoms with Gasteiger partial charge in [-0.05, 0) is 44.7 Å². The zero-order chi connectivity index (χ0) is 14.5. The number of carbonyl (C=O) groups is 1. The summed E-state index contributed by atoms with van der Waals surface area (Å²) in [6.45, 7) is 4.35. The van der Waals surface area contributed by atoms with E-state index in [1.54, 1.807) is 0 Å². The summed E-state index contributed by atoms with van der Waals surface area (Å²) in [5.74, 6) is 0.609. The van der Waals surface area contributed by atoms with Crippen LogP contribution in [-0.4, -0.2) is 23.5 Å². The number of hydrogen-bond donors (Lipinski definition) is 2. The van der Waals surface area contributed by atoms with E-state index in [4.69, 9.17) is 5.26 Å². The molecule has 2 N–H and O–H groups in total. The highest BCUT2D eigenvalue weighted by Gasteiger charge is 2.16. The van der Waals surface area contributed by atoms with Gasteiger partial charge in [-0.3, -0.25) is 4.79 Å². The van der Waals surface area contributed by atoms with Crippen LogP contribution in [0.3, 0.4) is 0 Å². The molecule has 0 spiro atoms. The largest absolute Gasteiger partial charge is 0.368 e. The van der Waals surface area contributed by atoms with Crippen molar-refractivity contribution in [2.75, 3.05) is 11.9 Å². The van der Waals surface area contributed by atoms with Gasteiger partial charge in [-0.1, -0.05) is 0 Å². The molecule has 1 amide bonds. The Morgan fingerprint density at radius 1 is 1.50 bits per heavy atom. The summed E-state index contributed by atoms with van der Waals surface area (Å²) >= 11 is 0. The van der Waals surface area contributed by atoms with E-state index >= 15 is 0 Å². The van der Waals surface area contributed by atoms with Gasteiger partial charge >= 0.3 is 0 Å². The smallest absolute Gasteiger partial charge is 0.221 e. The molecular weight excluding hydrogens is 252 g/mol. The summed E-state index contributed by atoms with van der Waals surface area (Å²) in [5, 5.41) is 15.1. The van der Waals surface area contributed by atoms with Gasteiger partial charge in [0.2, 0.25) is 5.91 Å². The first-order valence-corrected chi connectivity index (χ1v) is 7.06. The van der Waals surface area contributed by atoms with Crippen LogP contribution in [0.15, 0.2) is 6.07 Å². The number of nitrogens with zero attached hydrogens (tertiary/aromatic N) is 2. The third-order valence-corrected chi connectivity index (χ3v) is 3.27. The Bertz CT molecular complexity index is 546. The molecular formula is C15H20N4O. The fraction of sp³-hybridized carbons (Fsp3) is 0.533. The molecule has 106 valence electrons. The Morgan fingerprint density at radius 3 is 3.00 bits per heavy atom. The fourth-order valence-electron chi connectivity index (χ4n) is 2.38. The quantitative estimate of drug-likeness (QED) is 0.856. The van der Waals surface area contributed by atoms with Crippen molar-refractivity contribution in [3.63, 3.8) is 0 Å². The molecule has 0 atom stereocenters. The molecule has 0 aromatic carbocycles. The normalized spacial score (nSPS) is 12.9. The second-order valence-corrected chi connectivity index (χ2v) is 5.35. The first-order chi connectivity index (χ1) is 9.60. The van der Waals surface area contributed by atoms with Crippen LogP contribution in [-0.2, 0) is 17.6 Å². The molecule has 1 aliphatic rings. The van der Waals surface area contributed by atoms with Crippen LogP contribution < -0.4 is 10.6 Å². The predicted octanol–water partition coefficient (Wildman–Crippen LogP) is 1.77. The Labute approximate surface area is 119 Å². The maximum Gasteiger partial charge on any atom is 0.221 e. The summed E-state index contributed by atoms with van der Waals surface area (Å²) in [5.41, 5.74) is 2.83. The van der Waals surface area contributed by atoms with Crippen molar-refractivity contribution in [1.29, 1.82) is 5.26 Å². The molecule has 5 heteroatoms. The molecule has 1 aromatic rings. The van der Waals surface area contributed by atoms with Crippen molar-refractivity contribution in [1.82, 2.24) is 10.3 Å². The number of nitriles is 1. The third kappa shape index (κ3) is 3.47. The van der Waals surface area contributed by atoms with Gasteiger partial charge in [0, 0.05) is 24.7 Å². The number of carbonyl (C=O) groups excluding carboxylic acids is 1. The van der Waals surface area contributed by atoms with Crippen molar-refractivity contribution in [3.05, 3.63) is 22.9 Å². The van der Waals surface area contributed by atoms with Crippen molar-refractivity contribution in [2.45, 2.75) is 45.6 Å². The van der Waals surface area contributed by atoms with Crippen LogP contribution in [0, 0.1) is 11.3 Å². The molecule has 1 heterocycles. The molecule has 2 rings (SSSR count). The van der Waals surface area contributed by atoms with Crippen molar-refractivity contribution in [2.24, 2.45) is 0 Å². The predicted molar refractivity (Wildman–Crippen MR) is 77.4 cm³/mol. The van der Waals surface area contributed by atoms with Crippen LogP contribution in [0.25, 0.3) is 0 Å². The number of amides is 1. The summed E-state index contributed by atoms with van der Waals surface area (Å²) in [7, 11) is 0. The molecule has 0 unspecified atom stereocenters. The first kappa shape index (κ1) is 14.3. The maximum atomic E-state index is 11.5. The lowest BCUT2D eigenvalue weighted by atomic mass is 10.1. The molecule has 20 heavy (non-hydrogen) atoms. The average Bonchev–Trinajstić information content (AvgIpc) is 2.83. The van der Waals surface area contributed by atoms with Crippen molar-refractivity contribution < 1.29 is 4.79 Å². The number of anilines is 1. The second kappa shape index (κ2) is 6.38. The van der Waals surface area contributed by atoms with E-state index in [-0.39, 0.29) is 11.9 Å². The molecule has 0 aliphatic heterocycles. The maximum absolute atomic E-state index is 11.5. The number of hydrogen-bond acceptors (Lipinski definition) is 4. The SMILES string of the molecule is CC(C)NC(=O)CCNc1nc2c(cc1C#N)CCC2. The van der Waals surface area contributed by atoms with Gasteiger partial charge in [0.15, 0.2) is 0 Å². The second-order valence-electron chi connectivity index (χ2n) is 5.35. The van der Waals surface area contributed by atoms with Gasteiger partial charge in [0.25, 0.3) is 0 Å². The van der Waals surface area contributed by atoms with Gasteiger partial charge in [0.1, 0.15) is 11.9 Å². The van der Waals surface area contributed by atoms with E-state index in [1.165, 1.54) is 5.56 Å². The standard InChI is InChI=1S/C15H20N4O/c1-10(2)18-14(20)6-7-17-15-12(9-16)8-11-4-3-5-13(11)19-15/h8,10H,3-7H2,1-2H3,(H,17,19)(H,18,20). The summed E-state index contributed by atoms with van der Waals surface area (Å²) in [6, 6.07) is 4.24. The van der Waals surface area contributed by atoms with Gasteiger partial charge in [-0.15, -0.1) is 0 Å². The molecule has 5 nitrogen and oxygen atoms in total. The van der Waals surface area contributed by atoms with Gasteiger partial charge in [-0.2, -0.15) is 5.26 Å². The highest BCUT2D eigenvalue weighted by atomic mass is 16.1. The molecule has 0 saturated heterocycles. The minimum atomic E-state index is 0.00664. The summed E-state index contributed by atoms with van der Waals surface area (Å²) in [6.07, 6.45) is 3.47. The van der Waals surface area contributed by atoms with Gasteiger partial charge < -0.3 is 10.6 Å². The topological polar surface area (TPSA) is 77.8 Å². The minimum absolute atomic E-state index is 0.00664. The summed E-state index contributed by atoms with van der Waals surface area (Å²) in [4.78, 5) is 16.1. The van der Waals surface area contributed by atoms with Gasteiger partial charge in [-0.25, -0.2) is 4.98 Å². The van der Waals surface area contributed by atoms with E-state index in [2.05, 4.69) is 21.7 Å². The number of fused-ring (bicyclic) bond motifs is 1. The molecule has 1 aromatic heterocycles. The molecule has 1 aliphatic carbocycles. The monoisotopic (exact) mass is 272 g/mol. The van der Waals surface area contributed by atoms with E-state index in [0.717, 1.165) is 25.0 Å². The van der Waals surface area contributed by atoms with E-state index < -0.39 is 0 Å². The minimum Gasteiger partial charge on any atom is -0.368 e. The highest BCUT2D eigenvalue weighted by Crippen LogP contribution is 2.24. The number of aromatic nitrogens is 1. The van der Waals surface area contributed by atoms with Crippen LogP contribution in [0.5, 0.6) is 0 Å². The zero-order valence-electron chi connectivity index (χ0n) is 12.0. The molecule has 0 fully saturated rings. The van der Waals surface area contributed by atoms with E-state index in [0.29, 0.717) is 24.3 Å². The lowest BCUT2D eigenvalue weighted by Crippen LogP contribution is -2.31. The van der Waals surface area contributed by atoms with Crippen LogP contribution >= 0.6 is 0 Å². The van der Waals surface area contributed by atoms with Crippen molar-refractivity contribution >= 4 is 11.7 Å². The van der Waals surface area contributed by atoms with Crippen molar-refractivity contribution in [3.8, 4) is 6.07 Å². The third-order valence-electron chi connectivity index (χ3n) is 3.27.